The maximum Gasteiger partial charge on any atom is 0.410 e. The van der Waals surface area contributed by atoms with Crippen molar-refractivity contribution >= 4 is 14.4 Å². The number of carbonyl (C=O) groups excluding carboxylic acids is 1. The summed E-state index contributed by atoms with van der Waals surface area (Å²) in [5.41, 5.74) is 0.585. The highest BCUT2D eigenvalue weighted by molar-refractivity contribution is 6.74. The predicted molar refractivity (Wildman–Crippen MR) is 107 cm³/mol. The van der Waals surface area contributed by atoms with Gasteiger partial charge in [-0.1, -0.05) is 26.8 Å². The third-order valence-electron chi connectivity index (χ3n) is 5.61. The molecule has 1 fully saturated rings. The minimum atomic E-state index is -1.93. The minimum Gasteiger partial charge on any atom is -0.444 e. The highest BCUT2D eigenvalue weighted by Crippen LogP contribution is 2.42. The van der Waals surface area contributed by atoms with Crippen LogP contribution >= 0.6 is 0 Å². The number of nitrogens with zero attached hydrogens (tertiary/aromatic N) is 1. The monoisotopic (exact) mass is 383 g/mol. The molecule has 150 valence electrons. The van der Waals surface area contributed by atoms with E-state index >= 15 is 0 Å². The van der Waals surface area contributed by atoms with Crippen molar-refractivity contribution in [2.45, 2.75) is 90.3 Å². The molecule has 1 aliphatic heterocycles. The third-order valence-corrected chi connectivity index (χ3v) is 10.1. The van der Waals surface area contributed by atoms with Gasteiger partial charge < -0.3 is 14.3 Å². The van der Waals surface area contributed by atoms with Crippen molar-refractivity contribution < 1.29 is 19.1 Å². The molecule has 1 N–H and O–H groups in total. The van der Waals surface area contributed by atoms with Crippen LogP contribution in [0.2, 0.25) is 18.1 Å². The second kappa shape index (κ2) is 7.28. The molecular formula is C20H37NO4Si. The lowest BCUT2D eigenvalue weighted by Crippen LogP contribution is -2.54. The van der Waals surface area contributed by atoms with Gasteiger partial charge in [0.15, 0.2) is 8.32 Å². The van der Waals surface area contributed by atoms with E-state index in [0.717, 1.165) is 18.4 Å². The van der Waals surface area contributed by atoms with Crippen LogP contribution in [0.15, 0.2) is 11.6 Å². The molecule has 0 aromatic carbocycles. The summed E-state index contributed by atoms with van der Waals surface area (Å²) in [4.78, 5) is 14.5. The predicted octanol–water partition coefficient (Wildman–Crippen LogP) is 4.32. The molecule has 2 atom stereocenters. The van der Waals surface area contributed by atoms with Gasteiger partial charge in [-0.2, -0.15) is 0 Å². The fourth-order valence-electron chi connectivity index (χ4n) is 2.93. The van der Waals surface area contributed by atoms with Gasteiger partial charge in [0.25, 0.3) is 0 Å². The van der Waals surface area contributed by atoms with E-state index < -0.39 is 20.0 Å². The topological polar surface area (TPSA) is 59.0 Å². The SMILES string of the molecule is CC(C)(C)OC(=O)N1CC(O)C=C(C2CC2)C1CO[Si](C)(C)C(C)(C)C. The van der Waals surface area contributed by atoms with Gasteiger partial charge in [0.2, 0.25) is 0 Å². The zero-order valence-electron chi connectivity index (χ0n) is 17.8. The summed E-state index contributed by atoms with van der Waals surface area (Å²) in [6, 6.07) is -0.144. The molecule has 26 heavy (non-hydrogen) atoms. The third kappa shape index (κ3) is 5.33. The molecule has 5 nitrogen and oxygen atoms in total. The number of ether oxygens (including phenoxy) is 1. The molecular weight excluding hydrogens is 346 g/mol. The smallest absolute Gasteiger partial charge is 0.410 e. The van der Waals surface area contributed by atoms with E-state index in [1.807, 2.05) is 26.8 Å². The molecule has 2 unspecified atom stereocenters. The molecule has 1 aliphatic carbocycles. The Morgan fingerprint density at radius 3 is 2.27 bits per heavy atom. The standard InChI is InChI=1S/C20H37NO4Si/c1-19(2,3)25-18(23)21-12-15(22)11-16(14-9-10-14)17(21)13-24-26(7,8)20(4,5)6/h11,14-15,17,22H,9-10,12-13H2,1-8H3. The Bertz CT molecular complexity index is 555. The molecule has 6 heteroatoms. The average molecular weight is 384 g/mol. The number of carbonyl (C=O) groups is 1. The molecule has 0 aromatic rings. The van der Waals surface area contributed by atoms with Gasteiger partial charge in [0, 0.05) is 0 Å². The van der Waals surface area contributed by atoms with Crippen LogP contribution in [-0.2, 0) is 9.16 Å². The van der Waals surface area contributed by atoms with Crippen molar-refractivity contribution in [1.82, 2.24) is 4.90 Å². The van der Waals surface area contributed by atoms with Crippen LogP contribution < -0.4 is 0 Å². The largest absolute Gasteiger partial charge is 0.444 e. The summed E-state index contributed by atoms with van der Waals surface area (Å²) in [7, 11) is -1.93. The summed E-state index contributed by atoms with van der Waals surface area (Å²) in [6.07, 6.45) is 3.18. The molecule has 0 radical (unpaired) electrons. The Morgan fingerprint density at radius 1 is 1.23 bits per heavy atom. The molecule has 0 saturated heterocycles. The van der Waals surface area contributed by atoms with Gasteiger partial charge in [-0.3, -0.25) is 4.90 Å². The average Bonchev–Trinajstić information content (AvgIpc) is 3.26. The van der Waals surface area contributed by atoms with E-state index in [2.05, 4.69) is 33.9 Å². The number of aliphatic hydroxyl groups is 1. The Hall–Kier alpha value is -0.853. The number of hydrogen-bond acceptors (Lipinski definition) is 4. The fraction of sp³-hybridized carbons (Fsp3) is 0.850. The van der Waals surface area contributed by atoms with Crippen molar-refractivity contribution in [2.75, 3.05) is 13.2 Å². The molecule has 0 aromatic heterocycles. The summed E-state index contributed by atoms with van der Waals surface area (Å²) in [6.45, 7) is 17.4. The van der Waals surface area contributed by atoms with Crippen LogP contribution in [0.4, 0.5) is 4.79 Å². The quantitative estimate of drug-likeness (QED) is 0.580. The summed E-state index contributed by atoms with van der Waals surface area (Å²) < 4.78 is 12.1. The van der Waals surface area contributed by atoms with E-state index in [9.17, 15) is 9.90 Å². The van der Waals surface area contributed by atoms with Crippen LogP contribution in [0.3, 0.4) is 0 Å². The van der Waals surface area contributed by atoms with Gasteiger partial charge in [-0.05, 0) is 63.2 Å². The molecule has 1 saturated carbocycles. The zero-order chi connectivity index (χ0) is 19.9. The second-order valence-corrected chi connectivity index (χ2v) is 15.0. The number of β-amino-alcohol motifs (C(OH)–C–C–N with tert-alkyl or cyclic N) is 1. The molecule has 0 bridgehead atoms. The van der Waals surface area contributed by atoms with Crippen LogP contribution in [0.25, 0.3) is 0 Å². The first-order chi connectivity index (χ1) is 11.7. The molecule has 2 rings (SSSR count). The van der Waals surface area contributed by atoms with Crippen molar-refractivity contribution in [3.8, 4) is 0 Å². The lowest BCUT2D eigenvalue weighted by atomic mass is 9.95. The van der Waals surface area contributed by atoms with Crippen molar-refractivity contribution in [1.29, 1.82) is 0 Å². The molecule has 0 spiro atoms. The fourth-order valence-corrected chi connectivity index (χ4v) is 3.94. The highest BCUT2D eigenvalue weighted by atomic mass is 28.4. The maximum atomic E-state index is 12.8. The first kappa shape index (κ1) is 21.4. The van der Waals surface area contributed by atoms with Gasteiger partial charge >= 0.3 is 6.09 Å². The zero-order valence-corrected chi connectivity index (χ0v) is 18.8. The number of amides is 1. The molecule has 1 amide bonds. The lowest BCUT2D eigenvalue weighted by molar-refractivity contribution is 0.00155. The Kier molecular flexibility index (Phi) is 6.01. The van der Waals surface area contributed by atoms with Crippen molar-refractivity contribution in [3.05, 3.63) is 11.6 Å². The lowest BCUT2D eigenvalue weighted by Gasteiger charge is -2.42. The van der Waals surface area contributed by atoms with E-state index in [1.165, 1.54) is 0 Å². The summed E-state index contributed by atoms with van der Waals surface area (Å²) in [5.74, 6) is 0.461. The Balaban J connectivity index is 2.22. The van der Waals surface area contributed by atoms with Gasteiger partial charge in [0.1, 0.15) is 5.60 Å². The van der Waals surface area contributed by atoms with E-state index in [-0.39, 0.29) is 23.7 Å². The van der Waals surface area contributed by atoms with Crippen LogP contribution in [0, 0.1) is 5.92 Å². The Labute approximate surface area is 159 Å². The maximum absolute atomic E-state index is 12.8. The van der Waals surface area contributed by atoms with Gasteiger partial charge in [0.05, 0.1) is 25.3 Å². The highest BCUT2D eigenvalue weighted by Gasteiger charge is 2.43. The second-order valence-electron chi connectivity index (χ2n) is 10.2. The van der Waals surface area contributed by atoms with Crippen molar-refractivity contribution in [3.63, 3.8) is 0 Å². The molecule has 2 aliphatic rings. The normalized spacial score (nSPS) is 25.1. The van der Waals surface area contributed by atoms with Crippen LogP contribution in [0.5, 0.6) is 0 Å². The van der Waals surface area contributed by atoms with Gasteiger partial charge in [-0.25, -0.2) is 4.79 Å². The van der Waals surface area contributed by atoms with E-state index in [4.69, 9.17) is 9.16 Å². The first-order valence-electron chi connectivity index (χ1n) is 9.74. The first-order valence-corrected chi connectivity index (χ1v) is 12.7. The number of aliphatic hydroxyl groups excluding tert-OH is 1. The number of hydrogen-bond donors (Lipinski definition) is 1. The minimum absolute atomic E-state index is 0.112. The van der Waals surface area contributed by atoms with Crippen LogP contribution in [-0.4, -0.2) is 55.3 Å². The van der Waals surface area contributed by atoms with Crippen molar-refractivity contribution in [2.24, 2.45) is 5.92 Å². The molecule has 1 heterocycles. The van der Waals surface area contributed by atoms with Crippen LogP contribution in [0.1, 0.15) is 54.4 Å². The number of rotatable bonds is 4. The van der Waals surface area contributed by atoms with Gasteiger partial charge in [-0.15, -0.1) is 0 Å². The van der Waals surface area contributed by atoms with E-state index in [1.54, 1.807) is 4.90 Å². The summed E-state index contributed by atoms with van der Waals surface area (Å²) in [5, 5.41) is 10.4. The van der Waals surface area contributed by atoms with E-state index in [0.29, 0.717) is 12.5 Å². The Morgan fingerprint density at radius 2 is 1.81 bits per heavy atom. The summed E-state index contributed by atoms with van der Waals surface area (Å²) >= 11 is 0.